The van der Waals surface area contributed by atoms with Crippen LogP contribution in [0.1, 0.15) is 11.1 Å². The van der Waals surface area contributed by atoms with E-state index in [-0.39, 0.29) is 21.9 Å². The summed E-state index contributed by atoms with van der Waals surface area (Å²) in [6.45, 7) is 0. The van der Waals surface area contributed by atoms with Crippen molar-refractivity contribution in [3.8, 4) is 6.07 Å². The number of nitrogens with zero attached hydrogens (tertiary/aromatic N) is 1. The van der Waals surface area contributed by atoms with Crippen molar-refractivity contribution < 1.29 is 9.53 Å². The second-order valence-corrected chi connectivity index (χ2v) is 5.00. The molecule has 22 heavy (non-hydrogen) atoms. The molecule has 0 atom stereocenters. The maximum absolute atomic E-state index is 12.1. The molecular weight excluding hydrogens is 298 g/mol. The first-order valence-corrected chi connectivity index (χ1v) is 6.97. The van der Waals surface area contributed by atoms with Crippen molar-refractivity contribution in [1.29, 1.82) is 5.26 Å². The highest BCUT2D eigenvalue weighted by Crippen LogP contribution is 2.39. The highest BCUT2D eigenvalue weighted by Gasteiger charge is 2.32. The minimum atomic E-state index is -0.546. The molecule has 4 heteroatoms. The molecule has 0 bridgehead atoms. The standard InChI is InChI=1S/C18H10ClNO2/c19-16-15(13-9-5-2-6-10-13)18(21)22-17(16)14(11-20)12-7-3-1-4-8-12/h1-10H/b17-14-. The smallest absolute Gasteiger partial charge is 0.345 e. The van der Waals surface area contributed by atoms with E-state index in [2.05, 4.69) is 6.07 Å². The van der Waals surface area contributed by atoms with Crippen molar-refractivity contribution in [3.63, 3.8) is 0 Å². The molecule has 1 heterocycles. The zero-order chi connectivity index (χ0) is 15.5. The molecule has 0 N–H and O–H groups in total. The monoisotopic (exact) mass is 307 g/mol. The van der Waals surface area contributed by atoms with Crippen LogP contribution in [0.5, 0.6) is 0 Å². The number of benzene rings is 2. The van der Waals surface area contributed by atoms with Crippen LogP contribution in [0.2, 0.25) is 0 Å². The lowest BCUT2D eigenvalue weighted by Crippen LogP contribution is -1.98. The van der Waals surface area contributed by atoms with Crippen LogP contribution in [0.3, 0.4) is 0 Å². The van der Waals surface area contributed by atoms with E-state index < -0.39 is 5.97 Å². The van der Waals surface area contributed by atoms with Gasteiger partial charge in [-0.25, -0.2) is 4.79 Å². The molecule has 3 rings (SSSR count). The number of allylic oxidation sites excluding steroid dienone is 2. The molecule has 106 valence electrons. The van der Waals surface area contributed by atoms with E-state index in [1.165, 1.54) is 0 Å². The average Bonchev–Trinajstić information content (AvgIpc) is 2.85. The third kappa shape index (κ3) is 2.41. The topological polar surface area (TPSA) is 50.1 Å². The highest BCUT2D eigenvalue weighted by atomic mass is 35.5. The fraction of sp³-hybridized carbons (Fsp3) is 0. The molecule has 1 aliphatic rings. The summed E-state index contributed by atoms with van der Waals surface area (Å²) in [4.78, 5) is 12.1. The van der Waals surface area contributed by atoms with Crippen molar-refractivity contribution in [2.75, 3.05) is 0 Å². The van der Waals surface area contributed by atoms with Crippen LogP contribution in [-0.4, -0.2) is 5.97 Å². The van der Waals surface area contributed by atoms with Gasteiger partial charge in [0.05, 0.1) is 10.6 Å². The van der Waals surface area contributed by atoms with Gasteiger partial charge < -0.3 is 4.74 Å². The van der Waals surface area contributed by atoms with Crippen LogP contribution in [0.15, 0.2) is 71.5 Å². The fourth-order valence-corrected chi connectivity index (χ4v) is 2.57. The molecular formula is C18H10ClNO2. The second kappa shape index (κ2) is 5.88. The number of esters is 1. The van der Waals surface area contributed by atoms with Crippen LogP contribution >= 0.6 is 11.6 Å². The van der Waals surface area contributed by atoms with E-state index >= 15 is 0 Å². The summed E-state index contributed by atoms with van der Waals surface area (Å²) in [6.07, 6.45) is 0. The number of rotatable bonds is 2. The van der Waals surface area contributed by atoms with Crippen LogP contribution in [0.4, 0.5) is 0 Å². The summed E-state index contributed by atoms with van der Waals surface area (Å²) in [5.41, 5.74) is 1.84. The Labute approximate surface area is 132 Å². The first-order valence-electron chi connectivity index (χ1n) is 6.60. The number of carbonyl (C=O) groups excluding carboxylic acids is 1. The van der Waals surface area contributed by atoms with Gasteiger partial charge in [-0.2, -0.15) is 5.26 Å². The van der Waals surface area contributed by atoms with Crippen molar-refractivity contribution in [1.82, 2.24) is 0 Å². The van der Waals surface area contributed by atoms with E-state index in [9.17, 15) is 10.1 Å². The molecule has 0 aromatic heterocycles. The number of hydrogen-bond acceptors (Lipinski definition) is 3. The van der Waals surface area contributed by atoms with Gasteiger partial charge in [0.15, 0.2) is 5.76 Å². The average molecular weight is 308 g/mol. The molecule has 0 spiro atoms. The lowest BCUT2D eigenvalue weighted by atomic mass is 10.0. The maximum Gasteiger partial charge on any atom is 0.345 e. The summed E-state index contributed by atoms with van der Waals surface area (Å²) in [5, 5.41) is 9.58. The Kier molecular flexibility index (Phi) is 3.78. The Hall–Kier alpha value is -2.83. The van der Waals surface area contributed by atoms with Gasteiger partial charge in [0.1, 0.15) is 11.6 Å². The first-order chi connectivity index (χ1) is 10.7. The Morgan fingerprint density at radius 2 is 1.59 bits per heavy atom. The van der Waals surface area contributed by atoms with Gasteiger partial charge in [0.25, 0.3) is 0 Å². The summed E-state index contributed by atoms with van der Waals surface area (Å²) in [6, 6.07) is 20.1. The van der Waals surface area contributed by atoms with Gasteiger partial charge in [-0.1, -0.05) is 72.3 Å². The number of nitriles is 1. The number of ether oxygens (including phenoxy) is 1. The molecule has 0 unspecified atom stereocenters. The van der Waals surface area contributed by atoms with Gasteiger partial charge in [-0.3, -0.25) is 0 Å². The summed E-state index contributed by atoms with van der Waals surface area (Å²) in [5.74, 6) is -0.436. The molecule has 0 saturated carbocycles. The van der Waals surface area contributed by atoms with Crippen LogP contribution in [-0.2, 0) is 9.53 Å². The van der Waals surface area contributed by atoms with E-state index in [4.69, 9.17) is 16.3 Å². The minimum absolute atomic E-state index is 0.110. The SMILES string of the molecule is N#C/C(=C1/OC(=O)C(c2ccccc2)=C1Cl)c1ccccc1. The second-order valence-electron chi connectivity index (χ2n) is 4.63. The van der Waals surface area contributed by atoms with Gasteiger partial charge in [0.2, 0.25) is 0 Å². The predicted molar refractivity (Wildman–Crippen MR) is 84.3 cm³/mol. The zero-order valence-corrected chi connectivity index (χ0v) is 12.2. The summed E-state index contributed by atoms with van der Waals surface area (Å²) < 4.78 is 5.26. The van der Waals surface area contributed by atoms with Gasteiger partial charge in [-0.05, 0) is 11.1 Å². The molecule has 2 aromatic carbocycles. The van der Waals surface area contributed by atoms with E-state index in [0.717, 1.165) is 0 Å². The van der Waals surface area contributed by atoms with Gasteiger partial charge in [-0.15, -0.1) is 0 Å². The maximum atomic E-state index is 12.1. The predicted octanol–water partition coefficient (Wildman–Crippen LogP) is 4.13. The fourth-order valence-electron chi connectivity index (χ4n) is 2.25. The molecule has 3 nitrogen and oxygen atoms in total. The lowest BCUT2D eigenvalue weighted by Gasteiger charge is -2.03. The van der Waals surface area contributed by atoms with E-state index in [0.29, 0.717) is 11.1 Å². The Bertz CT molecular complexity index is 830. The van der Waals surface area contributed by atoms with Crippen molar-refractivity contribution in [3.05, 3.63) is 82.6 Å². The third-order valence-electron chi connectivity index (χ3n) is 3.28. The highest BCUT2D eigenvalue weighted by molar-refractivity contribution is 6.43. The van der Waals surface area contributed by atoms with Crippen molar-refractivity contribution in [2.24, 2.45) is 0 Å². The van der Waals surface area contributed by atoms with Crippen molar-refractivity contribution >= 4 is 28.7 Å². The molecule has 0 saturated heterocycles. The summed E-state index contributed by atoms with van der Waals surface area (Å²) >= 11 is 6.32. The van der Waals surface area contributed by atoms with Crippen LogP contribution in [0, 0.1) is 11.3 Å². The van der Waals surface area contributed by atoms with Gasteiger partial charge >= 0.3 is 5.97 Å². The normalized spacial score (nSPS) is 16.3. The number of halogens is 1. The molecule has 2 aromatic rings. The van der Waals surface area contributed by atoms with Crippen LogP contribution < -0.4 is 0 Å². The molecule has 0 radical (unpaired) electrons. The quantitative estimate of drug-likeness (QED) is 0.619. The largest absolute Gasteiger partial charge is 0.420 e. The van der Waals surface area contributed by atoms with E-state index in [1.54, 1.807) is 36.4 Å². The van der Waals surface area contributed by atoms with E-state index in [1.807, 2.05) is 24.3 Å². The molecule has 1 aliphatic heterocycles. The zero-order valence-electron chi connectivity index (χ0n) is 11.4. The molecule has 0 fully saturated rings. The lowest BCUT2D eigenvalue weighted by molar-refractivity contribution is -0.131. The van der Waals surface area contributed by atoms with Gasteiger partial charge in [0, 0.05) is 0 Å². The van der Waals surface area contributed by atoms with Crippen LogP contribution in [0.25, 0.3) is 11.1 Å². The Morgan fingerprint density at radius 3 is 2.18 bits per heavy atom. The Balaban J connectivity index is 2.18. The molecule has 0 aliphatic carbocycles. The number of cyclic esters (lactones) is 1. The number of carbonyl (C=O) groups is 1. The Morgan fingerprint density at radius 1 is 1.00 bits per heavy atom. The minimum Gasteiger partial charge on any atom is -0.420 e. The summed E-state index contributed by atoms with van der Waals surface area (Å²) in [7, 11) is 0. The molecule has 0 amide bonds. The van der Waals surface area contributed by atoms with Crippen molar-refractivity contribution in [2.45, 2.75) is 0 Å². The first kappa shape index (κ1) is 14.1. The number of hydrogen-bond donors (Lipinski definition) is 0. The third-order valence-corrected chi connectivity index (χ3v) is 3.64.